The van der Waals surface area contributed by atoms with Gasteiger partial charge in [0.05, 0.1) is 5.69 Å². The number of thiazole rings is 1. The number of aromatic nitrogens is 1. The van der Waals surface area contributed by atoms with Crippen molar-refractivity contribution in [2.24, 2.45) is 10.2 Å². The number of unbranched alkanes of at least 4 members (excludes halogenated alkanes) is 2. The molecule has 22 heavy (non-hydrogen) atoms. The molecule has 1 aromatic carbocycles. The van der Waals surface area contributed by atoms with Crippen LogP contribution in [0.5, 0.6) is 0 Å². The Bertz CT molecular complexity index is 541. The first kappa shape index (κ1) is 16.6. The van der Waals surface area contributed by atoms with E-state index in [1.54, 1.807) is 6.20 Å². The lowest BCUT2D eigenvalue weighted by atomic mass is 10.2. The molecule has 5 heteroatoms. The van der Waals surface area contributed by atoms with Crippen LogP contribution in [-0.4, -0.2) is 18.1 Å². The fraction of sp³-hybridized carbons (Fsp3) is 0.471. The van der Waals surface area contributed by atoms with Gasteiger partial charge in [-0.25, -0.2) is 4.98 Å². The maximum Gasteiger partial charge on any atom is 0.229 e. The van der Waals surface area contributed by atoms with Gasteiger partial charge >= 0.3 is 0 Å². The van der Waals surface area contributed by atoms with E-state index >= 15 is 0 Å². The molecule has 0 saturated carbocycles. The zero-order valence-electron chi connectivity index (χ0n) is 13.4. The average Bonchev–Trinajstić information content (AvgIpc) is 3.07. The number of azo groups is 1. The lowest BCUT2D eigenvalue weighted by Gasteiger charge is -2.24. The fourth-order valence-corrected chi connectivity index (χ4v) is 2.62. The Balaban J connectivity index is 2.01. The van der Waals surface area contributed by atoms with E-state index in [1.807, 2.05) is 17.5 Å². The van der Waals surface area contributed by atoms with Crippen LogP contribution in [0, 0.1) is 0 Å². The normalized spacial score (nSPS) is 11.2. The lowest BCUT2D eigenvalue weighted by molar-refractivity contribution is 0.678. The second kappa shape index (κ2) is 9.30. The van der Waals surface area contributed by atoms with E-state index in [4.69, 9.17) is 0 Å². The summed E-state index contributed by atoms with van der Waals surface area (Å²) >= 11 is 1.49. The minimum atomic E-state index is 0.691. The van der Waals surface area contributed by atoms with Crippen LogP contribution in [0.15, 0.2) is 46.1 Å². The van der Waals surface area contributed by atoms with Crippen molar-refractivity contribution in [3.63, 3.8) is 0 Å². The second-order valence-corrected chi connectivity index (χ2v) is 6.10. The highest BCUT2D eigenvalue weighted by Crippen LogP contribution is 2.23. The van der Waals surface area contributed by atoms with Gasteiger partial charge in [-0.2, -0.15) is 0 Å². The first-order valence-electron chi connectivity index (χ1n) is 7.99. The Kier molecular flexibility index (Phi) is 7.03. The maximum absolute atomic E-state index is 4.23. The number of rotatable bonds is 9. The van der Waals surface area contributed by atoms with Gasteiger partial charge in [0.2, 0.25) is 5.13 Å². The molecule has 0 radical (unpaired) electrons. The molecule has 0 fully saturated rings. The Hall–Kier alpha value is -1.75. The summed E-state index contributed by atoms with van der Waals surface area (Å²) in [5.74, 6) is 0. The third kappa shape index (κ3) is 5.22. The van der Waals surface area contributed by atoms with Crippen LogP contribution in [0.3, 0.4) is 0 Å². The zero-order valence-corrected chi connectivity index (χ0v) is 14.2. The highest BCUT2D eigenvalue weighted by atomic mass is 32.1. The van der Waals surface area contributed by atoms with Gasteiger partial charge in [0.1, 0.15) is 0 Å². The van der Waals surface area contributed by atoms with Gasteiger partial charge in [0, 0.05) is 30.4 Å². The third-order valence-electron chi connectivity index (χ3n) is 3.45. The summed E-state index contributed by atoms with van der Waals surface area (Å²) in [7, 11) is 0. The highest BCUT2D eigenvalue weighted by Gasteiger charge is 2.05. The van der Waals surface area contributed by atoms with E-state index in [0.29, 0.717) is 5.13 Å². The van der Waals surface area contributed by atoms with Crippen LogP contribution in [0.25, 0.3) is 0 Å². The number of anilines is 1. The van der Waals surface area contributed by atoms with Gasteiger partial charge in [0.15, 0.2) is 0 Å². The number of hydrogen-bond donors (Lipinski definition) is 0. The van der Waals surface area contributed by atoms with Gasteiger partial charge < -0.3 is 4.90 Å². The van der Waals surface area contributed by atoms with Crippen molar-refractivity contribution in [2.45, 2.75) is 39.5 Å². The molecule has 118 valence electrons. The molecule has 0 bridgehead atoms. The standard InChI is InChI=1S/C17H24N4S/c1-3-5-12-21(13-6-4-2)16-9-7-15(8-10-16)19-20-17-18-11-14-22-17/h7-11,14H,3-6,12-13H2,1-2H3. The van der Waals surface area contributed by atoms with Crippen LogP contribution in [0.4, 0.5) is 16.5 Å². The molecule has 2 rings (SSSR count). The van der Waals surface area contributed by atoms with Crippen molar-refractivity contribution in [3.8, 4) is 0 Å². The summed E-state index contributed by atoms with van der Waals surface area (Å²) < 4.78 is 0. The van der Waals surface area contributed by atoms with Gasteiger partial charge in [-0.1, -0.05) is 26.7 Å². The van der Waals surface area contributed by atoms with Crippen molar-refractivity contribution < 1.29 is 0 Å². The first-order chi connectivity index (χ1) is 10.8. The van der Waals surface area contributed by atoms with Gasteiger partial charge in [0.25, 0.3) is 0 Å². The number of hydrogen-bond acceptors (Lipinski definition) is 5. The molecular formula is C17H24N4S. The molecule has 0 N–H and O–H groups in total. The molecule has 0 saturated heterocycles. The largest absolute Gasteiger partial charge is 0.372 e. The molecule has 0 amide bonds. The summed E-state index contributed by atoms with van der Waals surface area (Å²) in [4.78, 5) is 6.56. The zero-order chi connectivity index (χ0) is 15.6. The number of nitrogens with zero attached hydrogens (tertiary/aromatic N) is 4. The number of benzene rings is 1. The molecule has 2 aromatic rings. The summed E-state index contributed by atoms with van der Waals surface area (Å²) in [6.45, 7) is 6.72. The smallest absolute Gasteiger partial charge is 0.229 e. The third-order valence-corrected chi connectivity index (χ3v) is 4.10. The molecule has 4 nitrogen and oxygen atoms in total. The molecule has 0 aliphatic carbocycles. The van der Waals surface area contributed by atoms with Crippen LogP contribution in [-0.2, 0) is 0 Å². The Morgan fingerprint density at radius 1 is 1.00 bits per heavy atom. The minimum Gasteiger partial charge on any atom is -0.372 e. The van der Waals surface area contributed by atoms with E-state index < -0.39 is 0 Å². The fourth-order valence-electron chi connectivity index (χ4n) is 2.16. The van der Waals surface area contributed by atoms with E-state index in [2.05, 4.69) is 46.1 Å². The van der Waals surface area contributed by atoms with E-state index in [9.17, 15) is 0 Å². The topological polar surface area (TPSA) is 40.9 Å². The van der Waals surface area contributed by atoms with Crippen molar-refractivity contribution in [3.05, 3.63) is 35.8 Å². The van der Waals surface area contributed by atoms with Crippen molar-refractivity contribution in [1.82, 2.24) is 4.98 Å². The second-order valence-electron chi connectivity index (χ2n) is 5.23. The Morgan fingerprint density at radius 2 is 1.68 bits per heavy atom. The molecule has 0 atom stereocenters. The Morgan fingerprint density at radius 3 is 2.23 bits per heavy atom. The predicted octanol–water partition coefficient (Wildman–Crippen LogP) is 5.97. The molecule has 1 heterocycles. The Labute approximate surface area is 136 Å². The van der Waals surface area contributed by atoms with Crippen LogP contribution in [0.2, 0.25) is 0 Å². The van der Waals surface area contributed by atoms with Crippen LogP contribution >= 0.6 is 11.3 Å². The van der Waals surface area contributed by atoms with Crippen molar-refractivity contribution in [1.29, 1.82) is 0 Å². The molecule has 0 aliphatic heterocycles. The quantitative estimate of drug-likeness (QED) is 0.535. The molecule has 1 aromatic heterocycles. The van der Waals surface area contributed by atoms with Gasteiger partial charge in [-0.15, -0.1) is 21.6 Å². The molecule has 0 spiro atoms. The summed E-state index contributed by atoms with van der Waals surface area (Å²) in [6.07, 6.45) is 6.65. The average molecular weight is 316 g/mol. The maximum atomic E-state index is 4.23. The monoisotopic (exact) mass is 316 g/mol. The lowest BCUT2D eigenvalue weighted by Crippen LogP contribution is -2.25. The molecular weight excluding hydrogens is 292 g/mol. The van der Waals surface area contributed by atoms with Crippen LogP contribution in [0.1, 0.15) is 39.5 Å². The van der Waals surface area contributed by atoms with E-state index in [1.165, 1.54) is 42.7 Å². The van der Waals surface area contributed by atoms with Crippen LogP contribution < -0.4 is 4.90 Å². The summed E-state index contributed by atoms with van der Waals surface area (Å²) in [5.41, 5.74) is 2.14. The highest BCUT2D eigenvalue weighted by molar-refractivity contribution is 7.13. The first-order valence-corrected chi connectivity index (χ1v) is 8.87. The van der Waals surface area contributed by atoms with Gasteiger partial charge in [-0.3, -0.25) is 0 Å². The summed E-state index contributed by atoms with van der Waals surface area (Å²) in [6, 6.07) is 8.33. The molecule has 0 aliphatic rings. The minimum absolute atomic E-state index is 0.691. The van der Waals surface area contributed by atoms with Crippen molar-refractivity contribution >= 4 is 27.8 Å². The SMILES string of the molecule is CCCCN(CCCC)c1ccc(N=Nc2nccs2)cc1. The summed E-state index contributed by atoms with van der Waals surface area (Å²) in [5, 5.41) is 10.9. The van der Waals surface area contributed by atoms with E-state index in [0.717, 1.165) is 18.8 Å². The predicted molar refractivity (Wildman–Crippen MR) is 94.8 cm³/mol. The molecule has 0 unspecified atom stereocenters. The van der Waals surface area contributed by atoms with Gasteiger partial charge in [-0.05, 0) is 37.1 Å². The van der Waals surface area contributed by atoms with E-state index in [-0.39, 0.29) is 0 Å². The van der Waals surface area contributed by atoms with Crippen molar-refractivity contribution in [2.75, 3.05) is 18.0 Å².